The van der Waals surface area contributed by atoms with Crippen molar-refractivity contribution in [3.8, 4) is 35.0 Å². The lowest BCUT2D eigenvalue weighted by molar-refractivity contribution is 0.168. The zero-order valence-electron chi connectivity index (χ0n) is 19.3. The minimum atomic E-state index is -0.681. The monoisotopic (exact) mass is 450 g/mol. The van der Waals surface area contributed by atoms with Crippen LogP contribution in [0.1, 0.15) is 23.6 Å². The molecule has 0 bridgehead atoms. The molecule has 5 aromatic rings. The first kappa shape index (κ1) is 19.9. The topological polar surface area (TPSA) is 18.5 Å². The highest BCUT2D eigenvalue weighted by Crippen LogP contribution is 2.56. The van der Waals surface area contributed by atoms with E-state index in [0.717, 1.165) is 27.8 Å². The molecule has 1 atom stereocenters. The molecule has 1 aliphatic heterocycles. The van der Waals surface area contributed by atoms with Crippen LogP contribution in [0.15, 0.2) is 97.1 Å². The number of ether oxygens (including phenoxy) is 2. The van der Waals surface area contributed by atoms with E-state index in [-0.39, 0.29) is 6.61 Å². The van der Waals surface area contributed by atoms with E-state index in [1.807, 2.05) is 12.1 Å². The van der Waals surface area contributed by atoms with Gasteiger partial charge in [-0.3, -0.25) is 0 Å². The van der Waals surface area contributed by atoms with Crippen molar-refractivity contribution in [2.45, 2.75) is 12.5 Å². The van der Waals surface area contributed by atoms with Gasteiger partial charge in [-0.1, -0.05) is 66.6 Å². The average molecular weight is 451 g/mol. The lowest BCUT2D eigenvalue weighted by atomic mass is 9.84. The molecule has 7 rings (SSSR count). The van der Waals surface area contributed by atoms with Crippen LogP contribution in [0.4, 0.5) is 0 Å². The Labute approximate surface area is 204 Å². The van der Waals surface area contributed by atoms with Crippen LogP contribution in [0.2, 0.25) is 0 Å². The van der Waals surface area contributed by atoms with Crippen molar-refractivity contribution in [1.82, 2.24) is 0 Å². The van der Waals surface area contributed by atoms with Crippen LogP contribution in [-0.2, 0) is 5.60 Å². The summed E-state index contributed by atoms with van der Waals surface area (Å²) in [5.74, 6) is 4.19. The van der Waals surface area contributed by atoms with Crippen LogP contribution in [0.25, 0.3) is 38.2 Å². The third kappa shape index (κ3) is 2.79. The molecule has 0 fully saturated rings. The first-order valence-electron chi connectivity index (χ1n) is 11.8. The Hall–Kier alpha value is -4.48. The maximum atomic E-state index is 7.14. The summed E-state index contributed by atoms with van der Waals surface area (Å²) in [7, 11) is 0. The van der Waals surface area contributed by atoms with Crippen LogP contribution in [0.5, 0.6) is 11.5 Å². The molecular formula is C33H22O2. The van der Waals surface area contributed by atoms with Gasteiger partial charge < -0.3 is 9.47 Å². The summed E-state index contributed by atoms with van der Waals surface area (Å²) in [6.45, 7) is 2.43. The Morgan fingerprint density at radius 1 is 0.771 bits per heavy atom. The predicted octanol–water partition coefficient (Wildman–Crippen LogP) is 7.72. The second-order valence-corrected chi connectivity index (χ2v) is 9.27. The van der Waals surface area contributed by atoms with Crippen LogP contribution in [0.3, 0.4) is 0 Å². The zero-order chi connectivity index (χ0) is 23.6. The Kier molecular flexibility index (Phi) is 4.13. The molecule has 1 unspecified atom stereocenters. The fourth-order valence-electron chi connectivity index (χ4n) is 5.71. The summed E-state index contributed by atoms with van der Waals surface area (Å²) in [6.07, 6.45) is 7.67. The lowest BCUT2D eigenvalue weighted by Crippen LogP contribution is -2.33. The first-order chi connectivity index (χ1) is 17.2. The number of benzene rings is 5. The van der Waals surface area contributed by atoms with Gasteiger partial charge in [-0.25, -0.2) is 0 Å². The standard InChI is InChI=1S/C33H22O2/c1-3-16-34-25-13-15-27-24(17-25)12-14-26-21(2)20-33(35-32(26)27)30-11-7-6-10-28(30)29-18-22-8-4-5-9-23(22)19-31(29)33/h1,4-15,17-20H,16H2,2H3. The molecular weight excluding hydrogens is 428 g/mol. The fourth-order valence-corrected chi connectivity index (χ4v) is 5.71. The lowest BCUT2D eigenvalue weighted by Gasteiger charge is -2.36. The molecule has 2 heteroatoms. The number of allylic oxidation sites excluding steroid dienone is 1. The number of fused-ring (bicyclic) bond motifs is 9. The second kappa shape index (κ2) is 7.26. The molecule has 0 amide bonds. The predicted molar refractivity (Wildman–Crippen MR) is 143 cm³/mol. The SMILES string of the molecule is C#CCOc1ccc2c3c(ccc2c1)C(C)=CC1(O3)c2ccccc2-c2cc3ccccc3cc21. The molecule has 0 N–H and O–H groups in total. The van der Waals surface area contributed by atoms with E-state index in [0.29, 0.717) is 0 Å². The number of hydrogen-bond donors (Lipinski definition) is 0. The molecule has 1 spiro atoms. The van der Waals surface area contributed by atoms with E-state index in [4.69, 9.17) is 15.9 Å². The molecule has 0 saturated heterocycles. The third-order valence-electron chi connectivity index (χ3n) is 7.28. The number of hydrogen-bond acceptors (Lipinski definition) is 2. The summed E-state index contributed by atoms with van der Waals surface area (Å²) in [4.78, 5) is 0. The average Bonchev–Trinajstić information content (AvgIpc) is 3.14. The van der Waals surface area contributed by atoms with E-state index in [9.17, 15) is 0 Å². The Morgan fingerprint density at radius 2 is 1.57 bits per heavy atom. The van der Waals surface area contributed by atoms with Gasteiger partial charge in [0.1, 0.15) is 18.1 Å². The Bertz CT molecular complexity index is 1750. The summed E-state index contributed by atoms with van der Waals surface area (Å²) < 4.78 is 12.8. The molecule has 166 valence electrons. The summed E-state index contributed by atoms with van der Waals surface area (Å²) in [6, 6.07) is 32.1. The Balaban J connectivity index is 1.49. The maximum Gasteiger partial charge on any atom is 0.179 e. The van der Waals surface area contributed by atoms with E-state index >= 15 is 0 Å². The number of rotatable bonds is 2. The van der Waals surface area contributed by atoms with E-state index in [1.165, 1.54) is 38.6 Å². The Morgan fingerprint density at radius 3 is 2.43 bits per heavy atom. The van der Waals surface area contributed by atoms with Gasteiger partial charge >= 0.3 is 0 Å². The summed E-state index contributed by atoms with van der Waals surface area (Å²) in [5, 5.41) is 4.58. The second-order valence-electron chi connectivity index (χ2n) is 9.27. The van der Waals surface area contributed by atoms with Crippen LogP contribution < -0.4 is 9.47 Å². The summed E-state index contributed by atoms with van der Waals surface area (Å²) in [5.41, 5.74) is 6.47. The van der Waals surface area contributed by atoms with E-state index in [2.05, 4.69) is 97.8 Å². The molecule has 1 aliphatic carbocycles. The van der Waals surface area contributed by atoms with Gasteiger partial charge in [-0.05, 0) is 76.2 Å². The zero-order valence-corrected chi connectivity index (χ0v) is 19.3. The normalized spacial score (nSPS) is 17.3. The smallest absolute Gasteiger partial charge is 0.179 e. The van der Waals surface area contributed by atoms with E-state index < -0.39 is 5.60 Å². The van der Waals surface area contributed by atoms with Crippen LogP contribution in [-0.4, -0.2) is 6.61 Å². The van der Waals surface area contributed by atoms with Crippen LogP contribution in [0, 0.1) is 12.3 Å². The van der Waals surface area contributed by atoms with Crippen molar-refractivity contribution in [2.75, 3.05) is 6.61 Å². The minimum Gasteiger partial charge on any atom is -0.481 e. The quantitative estimate of drug-likeness (QED) is 0.256. The highest BCUT2D eigenvalue weighted by atomic mass is 16.5. The van der Waals surface area contributed by atoms with Gasteiger partial charge in [-0.2, -0.15) is 0 Å². The van der Waals surface area contributed by atoms with Crippen molar-refractivity contribution in [2.24, 2.45) is 0 Å². The maximum absolute atomic E-state index is 7.14. The van der Waals surface area contributed by atoms with Gasteiger partial charge in [-0.15, -0.1) is 6.42 Å². The largest absolute Gasteiger partial charge is 0.481 e. The first-order valence-corrected chi connectivity index (χ1v) is 11.8. The molecule has 2 nitrogen and oxygen atoms in total. The van der Waals surface area contributed by atoms with Crippen molar-refractivity contribution in [3.05, 3.63) is 114 Å². The number of terminal acetylenes is 1. The van der Waals surface area contributed by atoms with Crippen molar-refractivity contribution < 1.29 is 9.47 Å². The van der Waals surface area contributed by atoms with E-state index in [1.54, 1.807) is 0 Å². The van der Waals surface area contributed by atoms with Gasteiger partial charge in [0.25, 0.3) is 0 Å². The molecule has 0 saturated carbocycles. The van der Waals surface area contributed by atoms with Gasteiger partial charge in [0, 0.05) is 22.1 Å². The molecule has 2 aliphatic rings. The third-order valence-corrected chi connectivity index (χ3v) is 7.28. The summed E-state index contributed by atoms with van der Waals surface area (Å²) >= 11 is 0. The van der Waals surface area contributed by atoms with Gasteiger partial charge in [0.2, 0.25) is 0 Å². The highest BCUT2D eigenvalue weighted by molar-refractivity contribution is 5.98. The molecule has 0 aromatic heterocycles. The minimum absolute atomic E-state index is 0.249. The molecule has 5 aromatic carbocycles. The van der Waals surface area contributed by atoms with Crippen molar-refractivity contribution in [3.63, 3.8) is 0 Å². The van der Waals surface area contributed by atoms with Crippen molar-refractivity contribution >= 4 is 27.1 Å². The fraction of sp³-hybridized carbons (Fsp3) is 0.0909. The van der Waals surface area contributed by atoms with Crippen molar-refractivity contribution in [1.29, 1.82) is 0 Å². The van der Waals surface area contributed by atoms with Gasteiger partial charge in [0.05, 0.1) is 0 Å². The molecule has 35 heavy (non-hydrogen) atoms. The highest BCUT2D eigenvalue weighted by Gasteiger charge is 2.46. The molecule has 1 heterocycles. The van der Waals surface area contributed by atoms with Crippen LogP contribution >= 0.6 is 0 Å². The van der Waals surface area contributed by atoms with Gasteiger partial charge in [0.15, 0.2) is 5.60 Å². The molecule has 0 radical (unpaired) electrons.